The molecule has 2 aromatic rings. The average Bonchev–Trinajstić information content (AvgIpc) is 2.76. The zero-order chi connectivity index (χ0) is 22.5. The highest BCUT2D eigenvalue weighted by Crippen LogP contribution is 2.28. The summed E-state index contributed by atoms with van der Waals surface area (Å²) in [6.45, 7) is 2.83. The highest BCUT2D eigenvalue weighted by molar-refractivity contribution is 7.89. The van der Waals surface area contributed by atoms with Crippen molar-refractivity contribution in [3.05, 3.63) is 53.8 Å². The molecule has 0 aliphatic rings. The van der Waals surface area contributed by atoms with Gasteiger partial charge >= 0.3 is 0 Å². The van der Waals surface area contributed by atoms with Crippen LogP contribution in [0.25, 0.3) is 0 Å². The molecule has 2 aromatic carbocycles. The van der Waals surface area contributed by atoms with Crippen molar-refractivity contribution in [2.24, 2.45) is 5.10 Å². The lowest BCUT2D eigenvalue weighted by Crippen LogP contribution is -2.18. The Labute approximate surface area is 184 Å². The van der Waals surface area contributed by atoms with Gasteiger partial charge in [-0.1, -0.05) is 45.4 Å². The van der Waals surface area contributed by atoms with Crippen LogP contribution in [0.4, 0.5) is 4.39 Å². The largest absolute Gasteiger partial charge is 0.493 e. The predicted octanol–water partition coefficient (Wildman–Crippen LogP) is 5.28. The lowest BCUT2D eigenvalue weighted by atomic mass is 10.1. The Balaban J connectivity index is 1.85. The molecule has 0 aromatic heterocycles. The van der Waals surface area contributed by atoms with Gasteiger partial charge in [0.05, 0.1) is 24.8 Å². The minimum Gasteiger partial charge on any atom is -0.493 e. The maximum absolute atomic E-state index is 13.0. The van der Waals surface area contributed by atoms with Crippen LogP contribution in [0, 0.1) is 5.82 Å². The molecule has 0 heterocycles. The molecule has 170 valence electrons. The maximum Gasteiger partial charge on any atom is 0.276 e. The fourth-order valence-corrected chi connectivity index (χ4v) is 3.75. The van der Waals surface area contributed by atoms with Gasteiger partial charge in [-0.3, -0.25) is 0 Å². The highest BCUT2D eigenvalue weighted by Gasteiger charge is 2.12. The normalized spacial score (nSPS) is 11.6. The van der Waals surface area contributed by atoms with E-state index in [0.29, 0.717) is 23.7 Å². The van der Waals surface area contributed by atoms with Crippen LogP contribution < -0.4 is 14.3 Å². The van der Waals surface area contributed by atoms with Crippen molar-refractivity contribution in [3.63, 3.8) is 0 Å². The first-order valence-electron chi connectivity index (χ1n) is 10.6. The van der Waals surface area contributed by atoms with Crippen LogP contribution in [0.5, 0.6) is 11.5 Å². The zero-order valence-electron chi connectivity index (χ0n) is 18.1. The second kappa shape index (κ2) is 12.9. The summed E-state index contributed by atoms with van der Waals surface area (Å²) in [6.07, 6.45) is 9.85. The third-order valence-electron chi connectivity index (χ3n) is 4.70. The van der Waals surface area contributed by atoms with Gasteiger partial charge in [-0.05, 0) is 54.4 Å². The Hall–Kier alpha value is -2.61. The lowest BCUT2D eigenvalue weighted by Gasteiger charge is -2.11. The molecule has 6 nitrogen and oxygen atoms in total. The third-order valence-corrected chi connectivity index (χ3v) is 5.94. The molecule has 8 heteroatoms. The number of rotatable bonds is 14. The molecule has 31 heavy (non-hydrogen) atoms. The van der Waals surface area contributed by atoms with Gasteiger partial charge in [0.2, 0.25) is 0 Å². The van der Waals surface area contributed by atoms with E-state index < -0.39 is 15.8 Å². The molecule has 0 saturated carbocycles. The Morgan fingerprint density at radius 1 is 0.968 bits per heavy atom. The Bertz CT molecular complexity index is 931. The monoisotopic (exact) mass is 450 g/mol. The second-order valence-corrected chi connectivity index (χ2v) is 8.85. The van der Waals surface area contributed by atoms with Crippen LogP contribution >= 0.6 is 0 Å². The van der Waals surface area contributed by atoms with Gasteiger partial charge in [0, 0.05) is 0 Å². The number of nitrogens with one attached hydrogen (secondary N) is 1. The minimum absolute atomic E-state index is 0.0715. The quantitative estimate of drug-likeness (QED) is 0.241. The predicted molar refractivity (Wildman–Crippen MR) is 121 cm³/mol. The van der Waals surface area contributed by atoms with Gasteiger partial charge in [0.1, 0.15) is 5.82 Å². The van der Waals surface area contributed by atoms with Crippen LogP contribution in [0.2, 0.25) is 0 Å². The molecule has 2 rings (SSSR count). The average molecular weight is 451 g/mol. The summed E-state index contributed by atoms with van der Waals surface area (Å²) >= 11 is 0. The molecule has 1 N–H and O–H groups in total. The molecule has 0 saturated heterocycles. The number of methoxy groups -OCH3 is 1. The van der Waals surface area contributed by atoms with E-state index in [1.54, 1.807) is 25.3 Å². The number of hydrazone groups is 1. The molecule has 0 aliphatic carbocycles. The first-order valence-corrected chi connectivity index (χ1v) is 12.1. The second-order valence-electron chi connectivity index (χ2n) is 7.19. The highest BCUT2D eigenvalue weighted by atomic mass is 32.2. The van der Waals surface area contributed by atoms with Crippen molar-refractivity contribution in [1.82, 2.24) is 4.83 Å². The van der Waals surface area contributed by atoms with Crippen LogP contribution in [-0.2, 0) is 10.0 Å². The van der Waals surface area contributed by atoms with Crippen molar-refractivity contribution in [3.8, 4) is 11.5 Å². The van der Waals surface area contributed by atoms with E-state index in [4.69, 9.17) is 9.47 Å². The smallest absolute Gasteiger partial charge is 0.276 e. The summed E-state index contributed by atoms with van der Waals surface area (Å²) in [4.78, 5) is 2.04. The van der Waals surface area contributed by atoms with E-state index in [2.05, 4.69) is 16.9 Å². The van der Waals surface area contributed by atoms with Crippen molar-refractivity contribution in [2.45, 2.75) is 56.8 Å². The van der Waals surface area contributed by atoms with Crippen molar-refractivity contribution in [1.29, 1.82) is 0 Å². The first-order chi connectivity index (χ1) is 15.0. The van der Waals surface area contributed by atoms with Gasteiger partial charge < -0.3 is 9.47 Å². The number of ether oxygens (including phenoxy) is 2. The number of halogens is 1. The van der Waals surface area contributed by atoms with Gasteiger partial charge in [-0.2, -0.15) is 13.5 Å². The molecule has 0 aliphatic heterocycles. The summed E-state index contributed by atoms with van der Waals surface area (Å²) < 4.78 is 48.5. The number of benzene rings is 2. The topological polar surface area (TPSA) is 77.0 Å². The first kappa shape index (κ1) is 24.7. The van der Waals surface area contributed by atoms with E-state index in [9.17, 15) is 12.8 Å². The van der Waals surface area contributed by atoms with E-state index >= 15 is 0 Å². The Morgan fingerprint density at radius 2 is 1.65 bits per heavy atom. The van der Waals surface area contributed by atoms with E-state index in [-0.39, 0.29) is 4.90 Å². The van der Waals surface area contributed by atoms with E-state index in [1.807, 2.05) is 0 Å². The van der Waals surface area contributed by atoms with Crippen molar-refractivity contribution < 1.29 is 22.3 Å². The Kier molecular flexibility index (Phi) is 10.3. The standard InChI is InChI=1S/C23H31FN2O4S/c1-3-4-5-6-7-8-9-16-30-22-15-10-19(17-23(22)29-2)18-25-26-31(27,28)21-13-11-20(24)12-14-21/h10-15,17-18,26H,3-9,16H2,1-2H3/b25-18+. The number of sulfonamides is 1. The number of hydrogen-bond donors (Lipinski definition) is 1. The number of nitrogens with zero attached hydrogens (tertiary/aromatic N) is 1. The summed E-state index contributed by atoms with van der Waals surface area (Å²) in [5.41, 5.74) is 0.641. The van der Waals surface area contributed by atoms with Crippen LogP contribution in [0.3, 0.4) is 0 Å². The Morgan fingerprint density at radius 3 is 2.32 bits per heavy atom. The van der Waals surface area contributed by atoms with E-state index in [0.717, 1.165) is 25.0 Å². The number of unbranched alkanes of at least 4 members (excludes halogenated alkanes) is 6. The lowest BCUT2D eigenvalue weighted by molar-refractivity contribution is 0.284. The van der Waals surface area contributed by atoms with Crippen molar-refractivity contribution >= 4 is 16.2 Å². The molecule has 0 unspecified atom stereocenters. The summed E-state index contributed by atoms with van der Waals surface area (Å²) in [5, 5.41) is 3.78. The van der Waals surface area contributed by atoms with E-state index in [1.165, 1.54) is 50.5 Å². The fourth-order valence-electron chi connectivity index (χ4n) is 2.96. The molecule has 0 spiro atoms. The van der Waals surface area contributed by atoms with Crippen LogP contribution in [0.1, 0.15) is 57.4 Å². The van der Waals surface area contributed by atoms with Gasteiger partial charge in [-0.25, -0.2) is 9.22 Å². The van der Waals surface area contributed by atoms with Gasteiger partial charge in [0.15, 0.2) is 11.5 Å². The molecular formula is C23H31FN2O4S. The molecule has 0 bridgehead atoms. The van der Waals surface area contributed by atoms with Crippen LogP contribution in [0.15, 0.2) is 52.5 Å². The van der Waals surface area contributed by atoms with Gasteiger partial charge in [0.25, 0.3) is 10.0 Å². The molecule has 0 radical (unpaired) electrons. The van der Waals surface area contributed by atoms with Gasteiger partial charge in [-0.15, -0.1) is 0 Å². The fraction of sp³-hybridized carbons (Fsp3) is 0.435. The molecule has 0 amide bonds. The molecule has 0 fully saturated rings. The summed E-state index contributed by atoms with van der Waals surface area (Å²) in [7, 11) is -2.32. The SMILES string of the molecule is CCCCCCCCCOc1ccc(/C=N/NS(=O)(=O)c2ccc(F)cc2)cc1OC. The zero-order valence-corrected chi connectivity index (χ0v) is 19.0. The van der Waals surface area contributed by atoms with Crippen LogP contribution in [-0.4, -0.2) is 28.3 Å². The number of hydrogen-bond acceptors (Lipinski definition) is 5. The maximum atomic E-state index is 13.0. The van der Waals surface area contributed by atoms with Crippen molar-refractivity contribution in [2.75, 3.05) is 13.7 Å². The minimum atomic E-state index is -3.87. The summed E-state index contributed by atoms with van der Waals surface area (Å²) in [6, 6.07) is 9.76. The molecule has 0 atom stereocenters. The third kappa shape index (κ3) is 8.57. The molecular weight excluding hydrogens is 419 g/mol. The summed E-state index contributed by atoms with van der Waals surface area (Å²) in [5.74, 6) is 0.676.